The van der Waals surface area contributed by atoms with Crippen LogP contribution in [0, 0.1) is 0 Å². The van der Waals surface area contributed by atoms with Gasteiger partial charge in [-0.25, -0.2) is 0 Å². The molecule has 0 spiro atoms. The minimum atomic E-state index is 0.751. The fraction of sp³-hybridized carbons (Fsp3) is 0. The van der Waals surface area contributed by atoms with Crippen molar-refractivity contribution >= 4 is 55.2 Å². The summed E-state index contributed by atoms with van der Waals surface area (Å²) in [5, 5.41) is 5.62. The van der Waals surface area contributed by atoms with Crippen LogP contribution in [0.3, 0.4) is 0 Å². The molecule has 0 saturated heterocycles. The van der Waals surface area contributed by atoms with E-state index in [0.29, 0.717) is 0 Å². The lowest BCUT2D eigenvalue weighted by Crippen LogP contribution is -1.95. The summed E-state index contributed by atoms with van der Waals surface area (Å²) in [6, 6.07) is 40.6. The molecular weight excluding hydrogens is 424 g/mol. The largest absolute Gasteiger partial charge is 0.309 e. The second-order valence-electron chi connectivity index (χ2n) is 8.41. The molecular formula is C30H19ClN2. The van der Waals surface area contributed by atoms with Crippen LogP contribution in [0.1, 0.15) is 0 Å². The van der Waals surface area contributed by atoms with Crippen LogP contribution >= 0.6 is 11.6 Å². The van der Waals surface area contributed by atoms with Crippen molar-refractivity contribution < 1.29 is 0 Å². The van der Waals surface area contributed by atoms with E-state index in [1.54, 1.807) is 0 Å². The molecule has 0 aliphatic heterocycles. The van der Waals surface area contributed by atoms with Gasteiger partial charge < -0.3 is 9.13 Å². The first kappa shape index (κ1) is 18.6. The molecule has 2 nitrogen and oxygen atoms in total. The molecule has 156 valence electrons. The van der Waals surface area contributed by atoms with Gasteiger partial charge >= 0.3 is 0 Å². The van der Waals surface area contributed by atoms with Gasteiger partial charge in [-0.2, -0.15) is 0 Å². The maximum absolute atomic E-state index is 6.46. The lowest BCUT2D eigenvalue weighted by molar-refractivity contribution is 1.16. The summed E-state index contributed by atoms with van der Waals surface area (Å²) in [5.74, 6) is 0. The highest BCUT2D eigenvalue weighted by molar-refractivity contribution is 6.32. The van der Waals surface area contributed by atoms with Crippen LogP contribution in [-0.4, -0.2) is 9.13 Å². The van der Waals surface area contributed by atoms with E-state index in [2.05, 4.69) is 118 Å². The second-order valence-corrected chi connectivity index (χ2v) is 8.84. The van der Waals surface area contributed by atoms with Crippen molar-refractivity contribution in [1.82, 2.24) is 9.13 Å². The zero-order chi connectivity index (χ0) is 21.9. The van der Waals surface area contributed by atoms with E-state index in [1.165, 1.54) is 38.1 Å². The van der Waals surface area contributed by atoms with Crippen molar-refractivity contribution in [3.8, 4) is 11.4 Å². The Bertz CT molecular complexity index is 1810. The van der Waals surface area contributed by atoms with Gasteiger partial charge in [0.25, 0.3) is 0 Å². The molecule has 0 fully saturated rings. The fourth-order valence-corrected chi connectivity index (χ4v) is 5.34. The van der Waals surface area contributed by atoms with Gasteiger partial charge in [0.15, 0.2) is 0 Å². The Labute approximate surface area is 195 Å². The summed E-state index contributed by atoms with van der Waals surface area (Å²) >= 11 is 6.46. The fourth-order valence-electron chi connectivity index (χ4n) is 5.16. The molecule has 0 saturated carbocycles. The van der Waals surface area contributed by atoms with Crippen LogP contribution in [-0.2, 0) is 0 Å². The molecule has 2 aromatic heterocycles. The predicted octanol–water partition coefficient (Wildman–Crippen LogP) is 8.53. The first-order valence-electron chi connectivity index (χ1n) is 11.1. The molecule has 0 N–H and O–H groups in total. The first-order chi connectivity index (χ1) is 16.3. The SMILES string of the molecule is Clc1ccc2c(c1)c1cc3c4ccccc4n(-c4ccccc4)c3cc1n2-c1ccccc1. The van der Waals surface area contributed by atoms with Crippen molar-refractivity contribution in [3.05, 3.63) is 120 Å². The highest BCUT2D eigenvalue weighted by Crippen LogP contribution is 2.40. The van der Waals surface area contributed by atoms with Crippen LogP contribution < -0.4 is 0 Å². The first-order valence-corrected chi connectivity index (χ1v) is 11.5. The number of rotatable bonds is 2. The third-order valence-corrected chi connectivity index (χ3v) is 6.78. The molecule has 0 unspecified atom stereocenters. The van der Waals surface area contributed by atoms with E-state index in [1.807, 2.05) is 6.07 Å². The summed E-state index contributed by atoms with van der Waals surface area (Å²) in [6.45, 7) is 0. The molecule has 7 rings (SSSR count). The number of aromatic nitrogens is 2. The number of nitrogens with zero attached hydrogens (tertiary/aromatic N) is 2. The third kappa shape index (κ3) is 2.68. The average Bonchev–Trinajstić information content (AvgIpc) is 3.35. The highest BCUT2D eigenvalue weighted by Gasteiger charge is 2.18. The standard InChI is InChI=1S/C30H19ClN2/c31-20-15-16-28-24(17-20)26-18-25-23-13-7-8-14-27(23)32(21-9-3-1-4-10-21)29(25)19-30(26)33(28)22-11-5-2-6-12-22/h1-19H. The van der Waals surface area contributed by atoms with Crippen LogP contribution in [0.15, 0.2) is 115 Å². The number of halogens is 1. The molecule has 5 aromatic carbocycles. The summed E-state index contributed by atoms with van der Waals surface area (Å²) in [5.41, 5.74) is 7.03. The topological polar surface area (TPSA) is 9.86 Å². The van der Waals surface area contributed by atoms with Crippen LogP contribution in [0.4, 0.5) is 0 Å². The zero-order valence-corrected chi connectivity index (χ0v) is 18.5. The van der Waals surface area contributed by atoms with Crippen LogP contribution in [0.5, 0.6) is 0 Å². The van der Waals surface area contributed by atoms with E-state index in [4.69, 9.17) is 11.6 Å². The Balaban J connectivity index is 1.72. The van der Waals surface area contributed by atoms with E-state index in [9.17, 15) is 0 Å². The molecule has 0 aliphatic carbocycles. The van der Waals surface area contributed by atoms with Gasteiger partial charge in [-0.1, -0.05) is 66.2 Å². The van der Waals surface area contributed by atoms with E-state index in [0.717, 1.165) is 21.9 Å². The minimum absolute atomic E-state index is 0.751. The van der Waals surface area contributed by atoms with Gasteiger partial charge in [0.2, 0.25) is 0 Å². The lowest BCUT2D eigenvalue weighted by atomic mass is 10.1. The molecule has 3 heteroatoms. The number of hydrogen-bond donors (Lipinski definition) is 0. The zero-order valence-electron chi connectivity index (χ0n) is 17.7. The summed E-state index contributed by atoms with van der Waals surface area (Å²) in [4.78, 5) is 0. The Morgan fingerprint density at radius 3 is 1.58 bits per heavy atom. The quantitative estimate of drug-likeness (QED) is 0.254. The molecule has 0 bridgehead atoms. The third-order valence-electron chi connectivity index (χ3n) is 6.55. The molecule has 7 aromatic rings. The van der Waals surface area contributed by atoms with E-state index < -0.39 is 0 Å². The van der Waals surface area contributed by atoms with Crippen molar-refractivity contribution in [2.45, 2.75) is 0 Å². The second kappa shape index (κ2) is 6.99. The summed E-state index contributed by atoms with van der Waals surface area (Å²) in [6.07, 6.45) is 0. The highest BCUT2D eigenvalue weighted by atomic mass is 35.5. The lowest BCUT2D eigenvalue weighted by Gasteiger charge is -2.10. The van der Waals surface area contributed by atoms with E-state index in [-0.39, 0.29) is 0 Å². The number of benzene rings is 5. The van der Waals surface area contributed by atoms with Crippen molar-refractivity contribution in [3.63, 3.8) is 0 Å². The Morgan fingerprint density at radius 1 is 0.394 bits per heavy atom. The van der Waals surface area contributed by atoms with Gasteiger partial charge in [-0.3, -0.25) is 0 Å². The number of hydrogen-bond acceptors (Lipinski definition) is 0. The van der Waals surface area contributed by atoms with Gasteiger partial charge in [0.05, 0.1) is 22.1 Å². The van der Waals surface area contributed by atoms with Gasteiger partial charge in [-0.05, 0) is 60.7 Å². The predicted molar refractivity (Wildman–Crippen MR) is 140 cm³/mol. The Kier molecular flexibility index (Phi) is 3.93. The van der Waals surface area contributed by atoms with Crippen molar-refractivity contribution in [1.29, 1.82) is 0 Å². The summed E-state index contributed by atoms with van der Waals surface area (Å²) < 4.78 is 4.71. The van der Waals surface area contributed by atoms with Crippen LogP contribution in [0.25, 0.3) is 55.0 Å². The monoisotopic (exact) mass is 442 g/mol. The van der Waals surface area contributed by atoms with Gasteiger partial charge in [0, 0.05) is 37.9 Å². The number of para-hydroxylation sites is 3. The maximum Gasteiger partial charge on any atom is 0.0562 e. The molecule has 2 heterocycles. The van der Waals surface area contributed by atoms with Crippen LogP contribution in [0.2, 0.25) is 5.02 Å². The number of fused-ring (bicyclic) bond motifs is 6. The smallest absolute Gasteiger partial charge is 0.0562 e. The molecule has 0 atom stereocenters. The van der Waals surface area contributed by atoms with Crippen molar-refractivity contribution in [2.75, 3.05) is 0 Å². The molecule has 33 heavy (non-hydrogen) atoms. The summed E-state index contributed by atoms with van der Waals surface area (Å²) in [7, 11) is 0. The maximum atomic E-state index is 6.46. The van der Waals surface area contributed by atoms with Gasteiger partial charge in [-0.15, -0.1) is 0 Å². The van der Waals surface area contributed by atoms with E-state index >= 15 is 0 Å². The van der Waals surface area contributed by atoms with Crippen molar-refractivity contribution in [2.24, 2.45) is 0 Å². The molecule has 0 amide bonds. The minimum Gasteiger partial charge on any atom is -0.309 e. The van der Waals surface area contributed by atoms with Gasteiger partial charge in [0.1, 0.15) is 0 Å². The Hall–Kier alpha value is -4.01. The normalized spacial score (nSPS) is 11.8. The Morgan fingerprint density at radius 2 is 0.909 bits per heavy atom. The molecule has 0 aliphatic rings. The molecule has 0 radical (unpaired) electrons. The average molecular weight is 443 g/mol.